The number of nitrogens with one attached hydrogen (secondary N) is 3. The van der Waals surface area contributed by atoms with Crippen molar-refractivity contribution in [3.8, 4) is 0 Å². The number of hydrogen-bond donors (Lipinski definition) is 14. The van der Waals surface area contributed by atoms with Gasteiger partial charge in [0.2, 0.25) is 0 Å². The van der Waals surface area contributed by atoms with Crippen molar-refractivity contribution < 1.29 is 109 Å². The van der Waals surface area contributed by atoms with Crippen molar-refractivity contribution in [3.63, 3.8) is 0 Å². The number of fused-ring (bicyclic) bond motifs is 2. The SMILES string of the molecule is C=CCOC(=O)N[C@@H]1[C@H](O)[C@H](O[C@H]2/C=C/C=C/C=C/C=C/C=C/C=C/C=C/[C@H](C)[C@@H](O)[C@@H](C)[C@H](C)OC(=O)C[C@H](O)C[C@H](O)CC[C@@H](O)[C@H](O)C[C@H](O)C[C@]3(O)C[C@H](OC(=O)OCC=C)[C@@H](NC(=O)NC(CO)CO)[C@H](C2)O3)O[C@H](C)[C@H]1O. The third kappa shape index (κ3) is 26.0. The molecular formula is C58H89N3O22. The maximum absolute atomic E-state index is 13.6. The largest absolute Gasteiger partial charge is 0.508 e. The first-order chi connectivity index (χ1) is 39.4. The van der Waals surface area contributed by atoms with Gasteiger partial charge in [-0.05, 0) is 33.1 Å². The van der Waals surface area contributed by atoms with E-state index in [1.165, 1.54) is 31.2 Å². The minimum Gasteiger partial charge on any atom is -0.462 e. The molecule has 83 heavy (non-hydrogen) atoms. The Labute approximate surface area is 484 Å². The van der Waals surface area contributed by atoms with E-state index < -0.39 is 185 Å². The molecule has 25 nitrogen and oxygen atoms in total. The van der Waals surface area contributed by atoms with Crippen molar-refractivity contribution in [3.05, 3.63) is 110 Å². The number of alkyl carbamates (subject to hydrolysis) is 1. The fourth-order valence-electron chi connectivity index (χ4n) is 9.19. The van der Waals surface area contributed by atoms with E-state index in [9.17, 15) is 75.3 Å². The summed E-state index contributed by atoms with van der Waals surface area (Å²) in [7, 11) is 0. The molecular weight excluding hydrogens is 1090 g/mol. The van der Waals surface area contributed by atoms with Crippen LogP contribution in [0.4, 0.5) is 14.4 Å². The zero-order valence-electron chi connectivity index (χ0n) is 47.5. The standard InChI is InChI=1S/C58H89N3O22/c1-7-25-77-56(74)61-50-52(71)38(6)80-54(53(50)72)81-43-22-20-18-16-14-12-10-9-11-13-15-17-19-21-35(3)51(70)36(4)37(5)79-48(69)29-41(65)27-40(64)23-24-44(67)45(68)28-42(66)31-58(76)32-47(82-57(75)78-26-8-2)49(46(30-43)83-58)60-55(73)59-39(33-62)34-63/h7-22,35-47,49-54,62-68,70-72,76H,1-2,23-34H2,3-6H3,(H,61,74)(H2,59,60,73)/b10-9+,13-11+,14-12+,17-15+,18-16+,21-19+,22-20+/t35-,36-,37-,38+,40+,41+,42-,43-,44+,45+,46-,47-,49-,50-,51+,52+,53-,54-,58+/m0/s1. The van der Waals surface area contributed by atoms with Gasteiger partial charge in [0.25, 0.3) is 0 Å². The first-order valence-corrected chi connectivity index (χ1v) is 27.7. The number of amides is 3. The van der Waals surface area contributed by atoms with Crippen LogP contribution < -0.4 is 16.0 Å². The minimum absolute atomic E-state index is 0.172. The lowest BCUT2D eigenvalue weighted by Gasteiger charge is -2.47. The van der Waals surface area contributed by atoms with Gasteiger partial charge in [-0.25, -0.2) is 14.4 Å². The van der Waals surface area contributed by atoms with E-state index in [0.29, 0.717) is 0 Å². The van der Waals surface area contributed by atoms with Gasteiger partial charge < -0.3 is 105 Å². The van der Waals surface area contributed by atoms with E-state index in [1.807, 2.05) is 6.92 Å². The minimum atomic E-state index is -2.50. The van der Waals surface area contributed by atoms with E-state index in [2.05, 4.69) is 29.1 Å². The summed E-state index contributed by atoms with van der Waals surface area (Å²) in [5.74, 6) is -4.08. The highest BCUT2D eigenvalue weighted by Gasteiger charge is 2.51. The maximum Gasteiger partial charge on any atom is 0.508 e. The Hall–Kier alpha value is -5.62. The van der Waals surface area contributed by atoms with Crippen molar-refractivity contribution in [1.29, 1.82) is 0 Å². The van der Waals surface area contributed by atoms with Gasteiger partial charge >= 0.3 is 24.2 Å². The highest BCUT2D eigenvalue weighted by atomic mass is 16.7. The topological polar surface area (TPSA) is 392 Å². The van der Waals surface area contributed by atoms with Crippen molar-refractivity contribution in [2.75, 3.05) is 26.4 Å². The van der Waals surface area contributed by atoms with Crippen LogP contribution in [0.2, 0.25) is 0 Å². The molecule has 0 aliphatic carbocycles. The van der Waals surface area contributed by atoms with E-state index in [-0.39, 0.29) is 38.4 Å². The Morgan fingerprint density at radius 1 is 0.687 bits per heavy atom. The number of cyclic esters (lactones) is 1. The molecule has 0 spiro atoms. The average molecular weight is 1180 g/mol. The average Bonchev–Trinajstić information content (AvgIpc) is 3.54. The number of esters is 1. The Bertz CT molecular complexity index is 2200. The number of ether oxygens (including phenoxy) is 7. The summed E-state index contributed by atoms with van der Waals surface area (Å²) in [6, 6.07) is -5.09. The molecule has 0 aromatic heterocycles. The summed E-state index contributed by atoms with van der Waals surface area (Å²) in [5.41, 5.74) is 0. The number of aliphatic hydroxyl groups is 11. The molecule has 14 N–H and O–H groups in total. The molecule has 2 fully saturated rings. The van der Waals surface area contributed by atoms with Crippen molar-refractivity contribution in [1.82, 2.24) is 16.0 Å². The second-order valence-corrected chi connectivity index (χ2v) is 20.8. The molecule has 2 saturated heterocycles. The fourth-order valence-corrected chi connectivity index (χ4v) is 9.19. The summed E-state index contributed by atoms with van der Waals surface area (Å²) in [6.45, 7) is 11.7. The van der Waals surface area contributed by atoms with Crippen LogP contribution in [0.15, 0.2) is 110 Å². The molecule has 3 aliphatic rings. The molecule has 2 bridgehead atoms. The number of urea groups is 1. The van der Waals surface area contributed by atoms with Gasteiger partial charge in [0, 0.05) is 37.5 Å². The van der Waals surface area contributed by atoms with Crippen LogP contribution in [-0.2, 0) is 38.0 Å². The lowest BCUT2D eigenvalue weighted by Crippen LogP contribution is -2.65. The molecule has 3 aliphatic heterocycles. The molecule has 0 aromatic rings. The molecule has 19 atom stereocenters. The smallest absolute Gasteiger partial charge is 0.462 e. The molecule has 25 heteroatoms. The van der Waals surface area contributed by atoms with Gasteiger partial charge in [0.15, 0.2) is 12.1 Å². The van der Waals surface area contributed by atoms with Crippen molar-refractivity contribution in [2.24, 2.45) is 11.8 Å². The monoisotopic (exact) mass is 1180 g/mol. The van der Waals surface area contributed by atoms with Crippen LogP contribution in [0, 0.1) is 11.8 Å². The number of carbonyl (C=O) groups excluding carboxylic acids is 4. The summed E-state index contributed by atoms with van der Waals surface area (Å²) < 4.78 is 39.9. The van der Waals surface area contributed by atoms with Crippen LogP contribution in [0.3, 0.4) is 0 Å². The van der Waals surface area contributed by atoms with E-state index in [4.69, 9.17) is 33.2 Å². The summed E-state index contributed by atoms with van der Waals surface area (Å²) in [6.07, 6.45) is 0.930. The number of hydrogen-bond acceptors (Lipinski definition) is 22. The molecule has 3 amide bonds. The Kier molecular flexibility index (Phi) is 32.5. The normalized spacial score (nSPS) is 37.8. The number of aliphatic hydroxyl groups excluding tert-OH is 10. The number of allylic oxidation sites excluding steroid dienone is 12. The molecule has 3 rings (SSSR count). The second-order valence-electron chi connectivity index (χ2n) is 20.8. The van der Waals surface area contributed by atoms with Crippen LogP contribution >= 0.6 is 0 Å². The maximum atomic E-state index is 13.6. The Morgan fingerprint density at radius 2 is 1.28 bits per heavy atom. The first-order valence-electron chi connectivity index (χ1n) is 27.7. The Morgan fingerprint density at radius 3 is 1.88 bits per heavy atom. The third-order valence-corrected chi connectivity index (χ3v) is 13.9. The van der Waals surface area contributed by atoms with Crippen LogP contribution in [0.1, 0.15) is 79.1 Å². The van der Waals surface area contributed by atoms with Crippen molar-refractivity contribution in [2.45, 2.75) is 189 Å². The van der Waals surface area contributed by atoms with E-state index in [0.717, 1.165) is 0 Å². The quantitative estimate of drug-likeness (QED) is 0.0744. The van der Waals surface area contributed by atoms with Gasteiger partial charge in [-0.2, -0.15) is 0 Å². The summed E-state index contributed by atoms with van der Waals surface area (Å²) in [4.78, 5) is 52.2. The lowest BCUT2D eigenvalue weighted by atomic mass is 9.86. The third-order valence-electron chi connectivity index (χ3n) is 13.9. The molecule has 0 radical (unpaired) electrons. The van der Waals surface area contributed by atoms with Crippen LogP contribution in [0.5, 0.6) is 0 Å². The zero-order chi connectivity index (χ0) is 61.6. The fraction of sp³-hybridized carbons (Fsp3) is 0.621. The van der Waals surface area contributed by atoms with Gasteiger partial charge in [0.1, 0.15) is 37.6 Å². The molecule has 0 aromatic carbocycles. The van der Waals surface area contributed by atoms with Crippen molar-refractivity contribution >= 4 is 24.2 Å². The van der Waals surface area contributed by atoms with Gasteiger partial charge in [0.05, 0.1) is 92.7 Å². The predicted molar refractivity (Wildman–Crippen MR) is 300 cm³/mol. The molecule has 468 valence electrons. The first kappa shape index (κ1) is 71.6. The number of carbonyl (C=O) groups is 4. The van der Waals surface area contributed by atoms with Crippen LogP contribution in [-0.4, -0.2) is 216 Å². The highest BCUT2D eigenvalue weighted by Crippen LogP contribution is 2.37. The second kappa shape index (κ2) is 37.6. The lowest BCUT2D eigenvalue weighted by molar-refractivity contribution is -0.303. The van der Waals surface area contributed by atoms with E-state index in [1.54, 1.807) is 86.8 Å². The molecule has 3 heterocycles. The predicted octanol–water partition coefficient (Wildman–Crippen LogP) is 1.33. The molecule has 0 unspecified atom stereocenters. The Balaban J connectivity index is 2.12. The molecule has 0 saturated carbocycles. The van der Waals surface area contributed by atoms with Gasteiger partial charge in [-0.3, -0.25) is 4.79 Å². The highest BCUT2D eigenvalue weighted by molar-refractivity contribution is 5.75. The summed E-state index contributed by atoms with van der Waals surface area (Å²) in [5, 5.41) is 128. The summed E-state index contributed by atoms with van der Waals surface area (Å²) >= 11 is 0. The number of rotatable bonds is 12. The zero-order valence-corrected chi connectivity index (χ0v) is 47.5. The van der Waals surface area contributed by atoms with Crippen LogP contribution in [0.25, 0.3) is 0 Å². The van der Waals surface area contributed by atoms with E-state index >= 15 is 0 Å². The van der Waals surface area contributed by atoms with Gasteiger partial charge in [-0.1, -0.05) is 124 Å². The van der Waals surface area contributed by atoms with Gasteiger partial charge in [-0.15, -0.1) is 0 Å².